The van der Waals surface area contributed by atoms with Crippen molar-refractivity contribution in [2.75, 3.05) is 23.7 Å². The summed E-state index contributed by atoms with van der Waals surface area (Å²) in [5.74, 6) is 0.598. The highest BCUT2D eigenvalue weighted by Crippen LogP contribution is 2.24. The summed E-state index contributed by atoms with van der Waals surface area (Å²) in [6.07, 6.45) is 0. The van der Waals surface area contributed by atoms with Crippen LogP contribution in [0.5, 0.6) is 5.75 Å². The molecule has 0 aliphatic heterocycles. The van der Waals surface area contributed by atoms with E-state index in [0.29, 0.717) is 6.61 Å². The number of hydrogen-bond acceptors (Lipinski definition) is 3. The smallest absolute Gasteiger partial charge is 0.142 e. The monoisotopic (exact) mass is 336 g/mol. The van der Waals surface area contributed by atoms with E-state index < -0.39 is 0 Å². The number of para-hydroxylation sites is 2. The Kier molecular flexibility index (Phi) is 5.88. The molecule has 0 aromatic heterocycles. The molecule has 0 amide bonds. The van der Waals surface area contributed by atoms with Crippen LogP contribution < -0.4 is 15.4 Å². The van der Waals surface area contributed by atoms with Crippen molar-refractivity contribution in [1.29, 1.82) is 0 Å². The summed E-state index contributed by atoms with van der Waals surface area (Å²) < 4.78 is 18.8. The Bertz CT molecular complexity index is 775. The summed E-state index contributed by atoms with van der Waals surface area (Å²) in [5, 5.41) is 6.62. The summed E-state index contributed by atoms with van der Waals surface area (Å²) >= 11 is 0. The van der Waals surface area contributed by atoms with Crippen LogP contribution in [0.25, 0.3) is 0 Å². The van der Waals surface area contributed by atoms with E-state index in [-0.39, 0.29) is 5.82 Å². The standard InChI is InChI=1S/C21H21FN2O/c22-18-10-12-19(13-11-18)23-14-15-24-20-8-4-5-9-21(20)25-16-17-6-2-1-3-7-17/h1-13,23-24H,14-16H2. The lowest BCUT2D eigenvalue weighted by atomic mass is 10.2. The number of benzene rings is 3. The Morgan fingerprint density at radius 1 is 0.720 bits per heavy atom. The molecule has 0 aliphatic carbocycles. The first-order valence-corrected chi connectivity index (χ1v) is 8.30. The van der Waals surface area contributed by atoms with E-state index in [0.717, 1.165) is 35.8 Å². The van der Waals surface area contributed by atoms with E-state index >= 15 is 0 Å². The van der Waals surface area contributed by atoms with Gasteiger partial charge in [0.15, 0.2) is 0 Å². The van der Waals surface area contributed by atoms with E-state index in [2.05, 4.69) is 10.6 Å². The van der Waals surface area contributed by atoms with Crippen molar-refractivity contribution >= 4 is 11.4 Å². The van der Waals surface area contributed by atoms with Crippen LogP contribution in [0.4, 0.5) is 15.8 Å². The van der Waals surface area contributed by atoms with Gasteiger partial charge in [-0.15, -0.1) is 0 Å². The molecule has 25 heavy (non-hydrogen) atoms. The zero-order valence-corrected chi connectivity index (χ0v) is 13.9. The molecule has 0 saturated carbocycles. The van der Waals surface area contributed by atoms with Crippen LogP contribution in [0.1, 0.15) is 5.56 Å². The maximum Gasteiger partial charge on any atom is 0.142 e. The van der Waals surface area contributed by atoms with Crippen molar-refractivity contribution < 1.29 is 9.13 Å². The van der Waals surface area contributed by atoms with E-state index in [1.165, 1.54) is 12.1 Å². The van der Waals surface area contributed by atoms with Gasteiger partial charge in [0.25, 0.3) is 0 Å². The average Bonchev–Trinajstić information content (AvgIpc) is 2.66. The summed E-state index contributed by atoms with van der Waals surface area (Å²) in [7, 11) is 0. The van der Waals surface area contributed by atoms with Crippen LogP contribution in [0.3, 0.4) is 0 Å². The molecule has 4 heteroatoms. The van der Waals surface area contributed by atoms with Crippen LogP contribution in [-0.2, 0) is 6.61 Å². The zero-order valence-electron chi connectivity index (χ0n) is 13.9. The van der Waals surface area contributed by atoms with Crippen molar-refractivity contribution in [3.63, 3.8) is 0 Å². The lowest BCUT2D eigenvalue weighted by Crippen LogP contribution is -2.14. The molecule has 0 unspecified atom stereocenters. The zero-order chi connectivity index (χ0) is 17.3. The number of rotatable bonds is 8. The second-order valence-electron chi connectivity index (χ2n) is 5.63. The molecule has 0 heterocycles. The molecule has 3 aromatic carbocycles. The number of ether oxygens (including phenoxy) is 1. The lowest BCUT2D eigenvalue weighted by Gasteiger charge is -2.14. The third kappa shape index (κ3) is 5.24. The van der Waals surface area contributed by atoms with Gasteiger partial charge in [0.05, 0.1) is 5.69 Å². The van der Waals surface area contributed by atoms with Crippen molar-refractivity contribution in [2.24, 2.45) is 0 Å². The van der Waals surface area contributed by atoms with Gasteiger partial charge < -0.3 is 15.4 Å². The van der Waals surface area contributed by atoms with Gasteiger partial charge in [-0.2, -0.15) is 0 Å². The van der Waals surface area contributed by atoms with Crippen molar-refractivity contribution in [1.82, 2.24) is 0 Å². The van der Waals surface area contributed by atoms with Gasteiger partial charge in [0.2, 0.25) is 0 Å². The van der Waals surface area contributed by atoms with Crippen LogP contribution >= 0.6 is 0 Å². The second-order valence-corrected chi connectivity index (χ2v) is 5.63. The summed E-state index contributed by atoms with van der Waals surface area (Å²) in [4.78, 5) is 0. The SMILES string of the molecule is Fc1ccc(NCCNc2ccccc2OCc2ccccc2)cc1. The lowest BCUT2D eigenvalue weighted by molar-refractivity contribution is 0.307. The molecular weight excluding hydrogens is 315 g/mol. The van der Waals surface area contributed by atoms with Crippen LogP contribution in [0.15, 0.2) is 78.9 Å². The van der Waals surface area contributed by atoms with E-state index in [9.17, 15) is 4.39 Å². The Labute approximate surface area is 147 Å². The molecule has 3 rings (SSSR count). The molecule has 0 aliphatic rings. The second kappa shape index (κ2) is 8.73. The van der Waals surface area contributed by atoms with Crippen LogP contribution in [-0.4, -0.2) is 13.1 Å². The highest BCUT2D eigenvalue weighted by molar-refractivity contribution is 5.56. The van der Waals surface area contributed by atoms with Crippen LogP contribution in [0, 0.1) is 5.82 Å². The fourth-order valence-corrected chi connectivity index (χ4v) is 2.45. The molecule has 0 radical (unpaired) electrons. The predicted octanol–water partition coefficient (Wildman–Crippen LogP) is 4.93. The third-order valence-corrected chi connectivity index (χ3v) is 3.74. The third-order valence-electron chi connectivity index (χ3n) is 3.74. The number of nitrogens with one attached hydrogen (secondary N) is 2. The molecule has 0 fully saturated rings. The first-order valence-electron chi connectivity index (χ1n) is 8.30. The number of halogens is 1. The number of anilines is 2. The first kappa shape index (κ1) is 16.8. The minimum absolute atomic E-state index is 0.229. The molecule has 0 spiro atoms. The molecular formula is C21H21FN2O. The summed E-state index contributed by atoms with van der Waals surface area (Å²) in [5.41, 5.74) is 2.99. The highest BCUT2D eigenvalue weighted by Gasteiger charge is 2.03. The van der Waals surface area contributed by atoms with Gasteiger partial charge in [-0.05, 0) is 42.0 Å². The van der Waals surface area contributed by atoms with E-state index in [1.54, 1.807) is 12.1 Å². The fourth-order valence-electron chi connectivity index (χ4n) is 2.45. The van der Waals surface area contributed by atoms with E-state index in [4.69, 9.17) is 4.74 Å². The summed E-state index contributed by atoms with van der Waals surface area (Å²) in [6.45, 7) is 1.98. The predicted molar refractivity (Wildman–Crippen MR) is 101 cm³/mol. The van der Waals surface area contributed by atoms with Gasteiger partial charge in [-0.3, -0.25) is 0 Å². The van der Waals surface area contributed by atoms with Crippen molar-refractivity contribution in [3.8, 4) is 5.75 Å². The van der Waals surface area contributed by atoms with Crippen LogP contribution in [0.2, 0.25) is 0 Å². The minimum Gasteiger partial charge on any atom is -0.487 e. The maximum atomic E-state index is 12.9. The fraction of sp³-hybridized carbons (Fsp3) is 0.143. The van der Waals surface area contributed by atoms with Gasteiger partial charge in [0, 0.05) is 18.8 Å². The maximum absolute atomic E-state index is 12.9. The van der Waals surface area contributed by atoms with Gasteiger partial charge in [-0.1, -0.05) is 42.5 Å². The first-order chi connectivity index (χ1) is 12.3. The normalized spacial score (nSPS) is 10.3. The topological polar surface area (TPSA) is 33.3 Å². The Morgan fingerprint density at radius 3 is 2.20 bits per heavy atom. The Balaban J connectivity index is 1.49. The quantitative estimate of drug-likeness (QED) is 0.572. The van der Waals surface area contributed by atoms with Crippen molar-refractivity contribution in [2.45, 2.75) is 6.61 Å². The molecule has 3 aromatic rings. The van der Waals surface area contributed by atoms with Gasteiger partial charge in [-0.25, -0.2) is 4.39 Å². The van der Waals surface area contributed by atoms with Gasteiger partial charge >= 0.3 is 0 Å². The van der Waals surface area contributed by atoms with E-state index in [1.807, 2.05) is 54.6 Å². The van der Waals surface area contributed by atoms with Gasteiger partial charge in [0.1, 0.15) is 18.2 Å². The molecule has 0 bridgehead atoms. The largest absolute Gasteiger partial charge is 0.487 e. The molecule has 3 nitrogen and oxygen atoms in total. The summed E-state index contributed by atoms with van der Waals surface area (Å²) in [6, 6.07) is 24.3. The highest BCUT2D eigenvalue weighted by atomic mass is 19.1. The molecule has 0 saturated heterocycles. The minimum atomic E-state index is -0.229. The molecule has 128 valence electrons. The molecule has 0 atom stereocenters. The Morgan fingerprint density at radius 2 is 1.40 bits per heavy atom. The van der Waals surface area contributed by atoms with Crippen molar-refractivity contribution in [3.05, 3.63) is 90.2 Å². The Hall–Kier alpha value is -3.01. The number of hydrogen-bond donors (Lipinski definition) is 2. The average molecular weight is 336 g/mol. The molecule has 2 N–H and O–H groups in total.